The lowest BCUT2D eigenvalue weighted by molar-refractivity contribution is -0.118. The molecule has 3 aromatic carbocycles. The smallest absolute Gasteiger partial charge is 0.238 e. The lowest BCUT2D eigenvalue weighted by atomic mass is 9.94. The SMILES string of the molecule is NC(=O)C(c1ccccc1)c1cc(-c2ccc(Cl)cc2)n(-c2ccc(S(N)(=O)=O)cc2)n1. The van der Waals surface area contributed by atoms with Crippen molar-refractivity contribution in [2.45, 2.75) is 10.8 Å². The van der Waals surface area contributed by atoms with Crippen molar-refractivity contribution in [1.82, 2.24) is 9.78 Å². The number of aromatic nitrogens is 2. The van der Waals surface area contributed by atoms with E-state index in [1.165, 1.54) is 12.1 Å². The van der Waals surface area contributed by atoms with Crippen LogP contribution in [0.1, 0.15) is 17.2 Å². The Hall–Kier alpha value is -3.46. The summed E-state index contributed by atoms with van der Waals surface area (Å²) in [5.74, 6) is -1.29. The van der Waals surface area contributed by atoms with Gasteiger partial charge >= 0.3 is 0 Å². The van der Waals surface area contributed by atoms with Crippen LogP contribution in [0, 0.1) is 0 Å². The molecule has 32 heavy (non-hydrogen) atoms. The molecule has 0 spiro atoms. The summed E-state index contributed by atoms with van der Waals surface area (Å²) in [6.45, 7) is 0. The van der Waals surface area contributed by atoms with Gasteiger partial charge in [0.1, 0.15) is 5.92 Å². The van der Waals surface area contributed by atoms with Crippen molar-refractivity contribution in [2.75, 3.05) is 0 Å². The van der Waals surface area contributed by atoms with E-state index >= 15 is 0 Å². The predicted octanol–water partition coefficient (Wildman–Crippen LogP) is 3.46. The van der Waals surface area contributed by atoms with Crippen molar-refractivity contribution in [1.29, 1.82) is 0 Å². The van der Waals surface area contributed by atoms with Gasteiger partial charge in [-0.3, -0.25) is 4.79 Å². The Labute approximate surface area is 190 Å². The number of rotatable bonds is 6. The summed E-state index contributed by atoms with van der Waals surface area (Å²) < 4.78 is 24.9. The number of primary amides is 1. The minimum Gasteiger partial charge on any atom is -0.369 e. The molecule has 1 amide bonds. The molecule has 0 saturated heterocycles. The number of benzene rings is 3. The molecule has 4 aromatic rings. The normalized spacial score (nSPS) is 12.4. The first-order valence-corrected chi connectivity index (χ1v) is 11.5. The Balaban J connectivity index is 1.89. The fourth-order valence-corrected chi connectivity index (χ4v) is 4.11. The summed E-state index contributed by atoms with van der Waals surface area (Å²) in [7, 11) is -3.83. The van der Waals surface area contributed by atoms with Crippen LogP contribution in [0.2, 0.25) is 5.02 Å². The monoisotopic (exact) mass is 466 g/mol. The lowest BCUT2D eigenvalue weighted by Crippen LogP contribution is -2.23. The quantitative estimate of drug-likeness (QED) is 0.452. The highest BCUT2D eigenvalue weighted by Crippen LogP contribution is 2.31. The van der Waals surface area contributed by atoms with Gasteiger partial charge < -0.3 is 5.73 Å². The molecule has 0 fully saturated rings. The Kier molecular flexibility index (Phi) is 5.84. The third kappa shape index (κ3) is 4.43. The number of halogens is 1. The Morgan fingerprint density at radius 1 is 0.938 bits per heavy atom. The van der Waals surface area contributed by atoms with Gasteiger partial charge in [-0.2, -0.15) is 5.10 Å². The number of nitrogens with two attached hydrogens (primary N) is 2. The molecule has 0 aliphatic rings. The number of carbonyl (C=O) groups excluding carboxylic acids is 1. The molecule has 0 aliphatic carbocycles. The van der Waals surface area contributed by atoms with Gasteiger partial charge in [-0.15, -0.1) is 0 Å². The van der Waals surface area contributed by atoms with E-state index in [1.54, 1.807) is 35.0 Å². The summed E-state index contributed by atoms with van der Waals surface area (Å²) in [5, 5.41) is 10.5. The minimum atomic E-state index is -3.83. The van der Waals surface area contributed by atoms with Crippen molar-refractivity contribution >= 4 is 27.5 Å². The van der Waals surface area contributed by atoms with E-state index < -0.39 is 21.8 Å². The van der Waals surface area contributed by atoms with E-state index in [0.717, 1.165) is 11.1 Å². The fourth-order valence-electron chi connectivity index (χ4n) is 3.47. The summed E-state index contributed by atoms with van der Waals surface area (Å²) in [5.41, 5.74) is 9.00. The van der Waals surface area contributed by atoms with Crippen molar-refractivity contribution in [2.24, 2.45) is 10.9 Å². The number of hydrogen-bond acceptors (Lipinski definition) is 4. The van der Waals surface area contributed by atoms with Gasteiger partial charge in [0.25, 0.3) is 0 Å². The first-order valence-electron chi connectivity index (χ1n) is 9.57. The lowest BCUT2D eigenvalue weighted by Gasteiger charge is -2.11. The highest BCUT2D eigenvalue weighted by molar-refractivity contribution is 7.89. The van der Waals surface area contributed by atoms with Gasteiger partial charge in [-0.1, -0.05) is 54.1 Å². The predicted molar refractivity (Wildman–Crippen MR) is 123 cm³/mol. The molecule has 162 valence electrons. The topological polar surface area (TPSA) is 121 Å². The highest BCUT2D eigenvalue weighted by Gasteiger charge is 2.25. The molecule has 0 radical (unpaired) electrons. The van der Waals surface area contributed by atoms with Crippen molar-refractivity contribution in [3.05, 3.63) is 101 Å². The molecule has 0 aliphatic heterocycles. The van der Waals surface area contributed by atoms with Gasteiger partial charge in [0.05, 0.1) is 22.0 Å². The summed E-state index contributed by atoms with van der Waals surface area (Å²) >= 11 is 6.04. The maximum atomic E-state index is 12.4. The molecule has 1 aromatic heterocycles. The van der Waals surface area contributed by atoms with Gasteiger partial charge in [0.2, 0.25) is 15.9 Å². The molecule has 0 bridgehead atoms. The van der Waals surface area contributed by atoms with Crippen molar-refractivity contribution in [3.8, 4) is 16.9 Å². The van der Waals surface area contributed by atoms with Crippen LogP contribution in [-0.2, 0) is 14.8 Å². The molecule has 1 atom stereocenters. The number of hydrogen-bond donors (Lipinski definition) is 2. The van der Waals surface area contributed by atoms with Crippen molar-refractivity contribution in [3.63, 3.8) is 0 Å². The first kappa shape index (κ1) is 21.8. The molecular weight excluding hydrogens is 448 g/mol. The zero-order valence-electron chi connectivity index (χ0n) is 16.7. The maximum absolute atomic E-state index is 12.4. The van der Waals surface area contributed by atoms with Crippen LogP contribution in [-0.4, -0.2) is 24.1 Å². The summed E-state index contributed by atoms with van der Waals surface area (Å²) in [4.78, 5) is 12.4. The van der Waals surface area contributed by atoms with Crippen LogP contribution in [0.15, 0.2) is 89.8 Å². The Bertz CT molecular complexity index is 1370. The average Bonchev–Trinajstić information content (AvgIpc) is 3.19. The number of primary sulfonamides is 1. The highest BCUT2D eigenvalue weighted by atomic mass is 35.5. The standard InChI is InChI=1S/C23H19ClN4O3S/c24-17-8-6-15(7-9-17)21-14-20(22(23(25)29)16-4-2-1-3-5-16)27-28(21)18-10-12-19(13-11-18)32(26,30)31/h1-14,22H,(H2,25,29)(H2,26,30,31). The van der Waals surface area contributed by atoms with E-state index in [2.05, 4.69) is 5.10 Å². The van der Waals surface area contributed by atoms with Crippen LogP contribution in [0.3, 0.4) is 0 Å². The summed E-state index contributed by atoms with van der Waals surface area (Å²) in [6, 6.07) is 24.1. The van der Waals surface area contributed by atoms with Gasteiger partial charge in [0, 0.05) is 10.6 Å². The van der Waals surface area contributed by atoms with Gasteiger partial charge in [-0.25, -0.2) is 18.2 Å². The zero-order valence-corrected chi connectivity index (χ0v) is 18.3. The van der Waals surface area contributed by atoms with Gasteiger partial charge in [0.15, 0.2) is 0 Å². The van der Waals surface area contributed by atoms with Crippen LogP contribution in [0.5, 0.6) is 0 Å². The second-order valence-electron chi connectivity index (χ2n) is 7.16. The van der Waals surface area contributed by atoms with Crippen LogP contribution >= 0.6 is 11.6 Å². The molecular formula is C23H19ClN4O3S. The molecule has 1 unspecified atom stereocenters. The van der Waals surface area contributed by atoms with E-state index in [1.807, 2.05) is 42.5 Å². The minimum absolute atomic E-state index is 0.0130. The third-order valence-electron chi connectivity index (χ3n) is 4.99. The number of carbonyl (C=O) groups is 1. The van der Waals surface area contributed by atoms with Crippen LogP contribution < -0.4 is 10.9 Å². The number of sulfonamides is 1. The second-order valence-corrected chi connectivity index (χ2v) is 9.16. The summed E-state index contributed by atoms with van der Waals surface area (Å²) in [6.07, 6.45) is 0. The van der Waals surface area contributed by atoms with Crippen LogP contribution in [0.4, 0.5) is 0 Å². The molecule has 4 rings (SSSR count). The van der Waals surface area contributed by atoms with E-state index in [0.29, 0.717) is 22.1 Å². The molecule has 0 saturated carbocycles. The van der Waals surface area contributed by atoms with Crippen molar-refractivity contribution < 1.29 is 13.2 Å². The van der Waals surface area contributed by atoms with Crippen LogP contribution in [0.25, 0.3) is 16.9 Å². The van der Waals surface area contributed by atoms with E-state index in [9.17, 15) is 13.2 Å². The van der Waals surface area contributed by atoms with E-state index in [4.69, 9.17) is 22.5 Å². The molecule has 1 heterocycles. The average molecular weight is 467 g/mol. The third-order valence-corrected chi connectivity index (χ3v) is 6.17. The van der Waals surface area contributed by atoms with Gasteiger partial charge in [-0.05, 0) is 48.0 Å². The Morgan fingerprint density at radius 3 is 2.12 bits per heavy atom. The number of nitrogens with zero attached hydrogens (tertiary/aromatic N) is 2. The fraction of sp³-hybridized carbons (Fsp3) is 0.0435. The molecule has 7 nitrogen and oxygen atoms in total. The Morgan fingerprint density at radius 2 is 1.56 bits per heavy atom. The van der Waals surface area contributed by atoms with E-state index in [-0.39, 0.29) is 4.90 Å². The first-order chi connectivity index (χ1) is 15.2. The molecule has 4 N–H and O–H groups in total. The second kappa shape index (κ2) is 8.58. The number of amides is 1. The zero-order chi connectivity index (χ0) is 22.9. The largest absolute Gasteiger partial charge is 0.369 e. The molecule has 9 heteroatoms. The maximum Gasteiger partial charge on any atom is 0.238 e.